The van der Waals surface area contributed by atoms with Gasteiger partial charge in [0.2, 0.25) is 0 Å². The molecule has 5 heteroatoms. The highest BCUT2D eigenvalue weighted by Gasteiger charge is 2.15. The number of hydrogen-bond acceptors (Lipinski definition) is 2. The van der Waals surface area contributed by atoms with E-state index in [-0.39, 0.29) is 5.91 Å². The summed E-state index contributed by atoms with van der Waals surface area (Å²) in [4.78, 5) is 12.9. The third kappa shape index (κ3) is 1.66. The summed E-state index contributed by atoms with van der Waals surface area (Å²) >= 11 is 3.26. The van der Waals surface area contributed by atoms with Crippen molar-refractivity contribution in [2.24, 2.45) is 7.05 Å². The second-order valence-corrected chi connectivity index (χ2v) is 3.55. The Morgan fingerprint density at radius 3 is 2.58 bits per heavy atom. The van der Waals surface area contributed by atoms with Crippen molar-refractivity contribution in [2.45, 2.75) is 0 Å². The monoisotopic (exact) mass is 231 g/mol. The van der Waals surface area contributed by atoms with E-state index in [1.807, 2.05) is 0 Å². The molecule has 0 aliphatic rings. The van der Waals surface area contributed by atoms with E-state index in [4.69, 9.17) is 0 Å². The van der Waals surface area contributed by atoms with Crippen molar-refractivity contribution in [3.05, 3.63) is 16.4 Å². The zero-order chi connectivity index (χ0) is 9.30. The molecule has 4 nitrogen and oxygen atoms in total. The quantitative estimate of drug-likeness (QED) is 0.720. The maximum absolute atomic E-state index is 11.4. The summed E-state index contributed by atoms with van der Waals surface area (Å²) in [6.45, 7) is 0. The van der Waals surface area contributed by atoms with Crippen LogP contribution in [0.5, 0.6) is 0 Å². The standard InChI is InChI=1S/C7H10BrN3O/c1-10(2)7(12)6-5(8)4-11(3)9-6/h4H,1-3H3. The first kappa shape index (κ1) is 9.25. The van der Waals surface area contributed by atoms with E-state index >= 15 is 0 Å². The molecule has 1 aromatic heterocycles. The van der Waals surface area contributed by atoms with Crippen LogP contribution >= 0.6 is 15.9 Å². The number of halogens is 1. The van der Waals surface area contributed by atoms with Gasteiger partial charge in [-0.2, -0.15) is 5.10 Å². The van der Waals surface area contributed by atoms with Crippen molar-refractivity contribution in [1.29, 1.82) is 0 Å². The second kappa shape index (κ2) is 3.26. The van der Waals surface area contributed by atoms with Crippen molar-refractivity contribution in [3.8, 4) is 0 Å². The molecule has 0 atom stereocenters. The van der Waals surface area contributed by atoms with Crippen LogP contribution in [-0.4, -0.2) is 34.7 Å². The number of amides is 1. The summed E-state index contributed by atoms with van der Waals surface area (Å²) in [5.74, 6) is -0.0949. The Bertz CT molecular complexity index is 306. The first-order valence-electron chi connectivity index (χ1n) is 3.43. The van der Waals surface area contributed by atoms with E-state index in [9.17, 15) is 4.79 Å². The fourth-order valence-corrected chi connectivity index (χ4v) is 1.36. The number of carbonyl (C=O) groups is 1. The van der Waals surface area contributed by atoms with Crippen molar-refractivity contribution in [3.63, 3.8) is 0 Å². The van der Waals surface area contributed by atoms with Crippen LogP contribution in [0.15, 0.2) is 10.7 Å². The fraction of sp³-hybridized carbons (Fsp3) is 0.429. The smallest absolute Gasteiger partial charge is 0.275 e. The maximum Gasteiger partial charge on any atom is 0.275 e. The van der Waals surface area contributed by atoms with Gasteiger partial charge in [-0.1, -0.05) is 0 Å². The molecule has 0 saturated heterocycles. The van der Waals surface area contributed by atoms with Gasteiger partial charge in [-0.3, -0.25) is 9.48 Å². The highest BCUT2D eigenvalue weighted by Crippen LogP contribution is 2.14. The van der Waals surface area contributed by atoms with Gasteiger partial charge in [-0.25, -0.2) is 0 Å². The molecular formula is C7H10BrN3O. The molecule has 1 heterocycles. The Balaban J connectivity index is 3.02. The molecule has 1 amide bonds. The molecule has 1 rings (SSSR count). The normalized spacial score (nSPS) is 10.0. The van der Waals surface area contributed by atoms with Gasteiger partial charge >= 0.3 is 0 Å². The minimum atomic E-state index is -0.0949. The summed E-state index contributed by atoms with van der Waals surface area (Å²) in [6, 6.07) is 0. The van der Waals surface area contributed by atoms with Gasteiger partial charge in [0.1, 0.15) is 0 Å². The molecule has 0 spiro atoms. The van der Waals surface area contributed by atoms with Crippen molar-refractivity contribution < 1.29 is 4.79 Å². The topological polar surface area (TPSA) is 38.1 Å². The lowest BCUT2D eigenvalue weighted by atomic mass is 10.4. The van der Waals surface area contributed by atoms with Crippen LogP contribution in [0.4, 0.5) is 0 Å². The van der Waals surface area contributed by atoms with E-state index in [1.165, 1.54) is 4.90 Å². The predicted molar refractivity (Wildman–Crippen MR) is 48.9 cm³/mol. The number of carbonyl (C=O) groups excluding carboxylic acids is 1. The molecule has 0 unspecified atom stereocenters. The summed E-state index contributed by atoms with van der Waals surface area (Å²) in [6.07, 6.45) is 1.75. The Morgan fingerprint density at radius 1 is 1.67 bits per heavy atom. The Kier molecular flexibility index (Phi) is 2.52. The minimum absolute atomic E-state index is 0.0949. The summed E-state index contributed by atoms with van der Waals surface area (Å²) < 4.78 is 2.32. The predicted octanol–water partition coefficient (Wildman–Crippen LogP) is 0.884. The Labute approximate surface area is 79.3 Å². The molecule has 0 aromatic carbocycles. The van der Waals surface area contributed by atoms with Crippen molar-refractivity contribution >= 4 is 21.8 Å². The lowest BCUT2D eigenvalue weighted by Crippen LogP contribution is -2.22. The summed E-state index contributed by atoms with van der Waals surface area (Å²) in [5, 5.41) is 4.01. The van der Waals surface area contributed by atoms with Gasteiger partial charge in [0.15, 0.2) is 5.69 Å². The first-order chi connectivity index (χ1) is 5.52. The van der Waals surface area contributed by atoms with E-state index in [2.05, 4.69) is 21.0 Å². The van der Waals surface area contributed by atoms with Gasteiger partial charge in [0.05, 0.1) is 4.47 Å². The van der Waals surface area contributed by atoms with Crippen molar-refractivity contribution in [1.82, 2.24) is 14.7 Å². The average molecular weight is 232 g/mol. The van der Waals surface area contributed by atoms with E-state index in [0.29, 0.717) is 5.69 Å². The van der Waals surface area contributed by atoms with E-state index in [1.54, 1.807) is 32.0 Å². The van der Waals surface area contributed by atoms with Gasteiger partial charge < -0.3 is 4.90 Å². The number of aromatic nitrogens is 2. The Morgan fingerprint density at radius 2 is 2.25 bits per heavy atom. The number of aryl methyl sites for hydroxylation is 1. The second-order valence-electron chi connectivity index (χ2n) is 2.70. The lowest BCUT2D eigenvalue weighted by molar-refractivity contribution is 0.0820. The van der Waals surface area contributed by atoms with E-state index in [0.717, 1.165) is 4.47 Å². The van der Waals surface area contributed by atoms with Crippen LogP contribution in [0.25, 0.3) is 0 Å². The van der Waals surface area contributed by atoms with Crippen LogP contribution in [-0.2, 0) is 7.05 Å². The van der Waals surface area contributed by atoms with Crippen LogP contribution in [0.3, 0.4) is 0 Å². The molecule has 0 bridgehead atoms. The zero-order valence-electron chi connectivity index (χ0n) is 7.21. The molecule has 0 radical (unpaired) electrons. The lowest BCUT2D eigenvalue weighted by Gasteiger charge is -2.07. The van der Waals surface area contributed by atoms with Gasteiger partial charge in [0, 0.05) is 27.3 Å². The molecule has 0 saturated carbocycles. The highest BCUT2D eigenvalue weighted by molar-refractivity contribution is 9.10. The highest BCUT2D eigenvalue weighted by atomic mass is 79.9. The van der Waals surface area contributed by atoms with Gasteiger partial charge in [-0.15, -0.1) is 0 Å². The maximum atomic E-state index is 11.4. The van der Waals surface area contributed by atoms with Crippen LogP contribution < -0.4 is 0 Å². The summed E-state index contributed by atoms with van der Waals surface area (Å²) in [5.41, 5.74) is 0.447. The molecule has 0 aliphatic heterocycles. The largest absolute Gasteiger partial charge is 0.343 e. The molecule has 0 aliphatic carbocycles. The van der Waals surface area contributed by atoms with Gasteiger partial charge in [-0.05, 0) is 15.9 Å². The molecule has 1 aromatic rings. The average Bonchev–Trinajstić information content (AvgIpc) is 2.28. The van der Waals surface area contributed by atoms with Crippen molar-refractivity contribution in [2.75, 3.05) is 14.1 Å². The number of nitrogens with zero attached hydrogens (tertiary/aromatic N) is 3. The van der Waals surface area contributed by atoms with Crippen LogP contribution in [0, 0.1) is 0 Å². The number of hydrogen-bond donors (Lipinski definition) is 0. The van der Waals surface area contributed by atoms with Crippen LogP contribution in [0.2, 0.25) is 0 Å². The fourth-order valence-electron chi connectivity index (χ4n) is 0.816. The molecule has 12 heavy (non-hydrogen) atoms. The Hall–Kier alpha value is -0.840. The molecule has 0 fully saturated rings. The van der Waals surface area contributed by atoms with Gasteiger partial charge in [0.25, 0.3) is 5.91 Å². The SMILES string of the molecule is CN(C)C(=O)c1nn(C)cc1Br. The van der Waals surface area contributed by atoms with E-state index < -0.39 is 0 Å². The zero-order valence-corrected chi connectivity index (χ0v) is 8.79. The summed E-state index contributed by atoms with van der Waals surface area (Å²) in [7, 11) is 5.17. The minimum Gasteiger partial charge on any atom is -0.343 e. The third-order valence-electron chi connectivity index (χ3n) is 1.39. The first-order valence-corrected chi connectivity index (χ1v) is 4.22. The number of rotatable bonds is 1. The molecular weight excluding hydrogens is 222 g/mol. The van der Waals surface area contributed by atoms with Crippen LogP contribution in [0.1, 0.15) is 10.5 Å². The molecule has 66 valence electrons. The molecule has 0 N–H and O–H groups in total. The third-order valence-corrected chi connectivity index (χ3v) is 1.97.